The van der Waals surface area contributed by atoms with E-state index in [4.69, 9.17) is 4.52 Å². The Labute approximate surface area is 139 Å². The second-order valence-electron chi connectivity index (χ2n) is 6.72. The van der Waals surface area contributed by atoms with Crippen LogP contribution in [0.5, 0.6) is 0 Å². The second kappa shape index (κ2) is 6.12. The lowest BCUT2D eigenvalue weighted by Gasteiger charge is -2.29. The Morgan fingerprint density at radius 1 is 1.38 bits per heavy atom. The van der Waals surface area contributed by atoms with Crippen molar-refractivity contribution in [3.8, 4) is 0 Å². The van der Waals surface area contributed by atoms with Crippen LogP contribution in [0.2, 0.25) is 0 Å². The minimum absolute atomic E-state index is 0.0761. The van der Waals surface area contributed by atoms with Gasteiger partial charge in [0.05, 0.1) is 16.6 Å². The van der Waals surface area contributed by atoms with Crippen molar-refractivity contribution >= 4 is 17.0 Å². The van der Waals surface area contributed by atoms with Crippen LogP contribution in [0, 0.1) is 6.92 Å². The molecule has 4 rings (SSSR count). The van der Waals surface area contributed by atoms with Gasteiger partial charge >= 0.3 is 0 Å². The molecular formula is C17H21FN4O2. The number of halogens is 1. The number of rotatable bonds is 2. The van der Waals surface area contributed by atoms with Gasteiger partial charge in [-0.1, -0.05) is 5.16 Å². The van der Waals surface area contributed by atoms with Crippen molar-refractivity contribution in [3.05, 3.63) is 23.0 Å². The number of carbonyl (C=O) groups is 1. The monoisotopic (exact) mass is 332 g/mol. The van der Waals surface area contributed by atoms with Crippen LogP contribution in [0.25, 0.3) is 11.1 Å². The number of alkyl halides is 1. The lowest BCUT2D eigenvalue weighted by Crippen LogP contribution is -2.39. The number of nitrogens with one attached hydrogen (secondary N) is 1. The smallest absolute Gasteiger partial charge is 0.259 e. The molecule has 1 atom stereocenters. The number of aryl methyl sites for hydroxylation is 1. The highest BCUT2D eigenvalue weighted by molar-refractivity contribution is 6.06. The summed E-state index contributed by atoms with van der Waals surface area (Å²) in [6.45, 7) is 4.51. The molecule has 2 aliphatic heterocycles. The van der Waals surface area contributed by atoms with Crippen LogP contribution >= 0.6 is 0 Å². The second-order valence-corrected chi connectivity index (χ2v) is 6.72. The topological polar surface area (TPSA) is 71.3 Å². The maximum atomic E-state index is 13.4. The van der Waals surface area contributed by atoms with Crippen molar-refractivity contribution in [2.75, 3.05) is 26.2 Å². The quantitative estimate of drug-likeness (QED) is 0.913. The molecule has 1 unspecified atom stereocenters. The summed E-state index contributed by atoms with van der Waals surface area (Å²) < 4.78 is 18.8. The fourth-order valence-electron chi connectivity index (χ4n) is 3.65. The summed E-state index contributed by atoms with van der Waals surface area (Å²) in [7, 11) is 0. The van der Waals surface area contributed by atoms with E-state index in [1.165, 1.54) is 0 Å². The number of fused-ring (bicyclic) bond motifs is 1. The normalized spacial score (nSPS) is 22.4. The fraction of sp³-hybridized carbons (Fsp3) is 0.588. The number of likely N-dealkylation sites (tertiary alicyclic amines) is 1. The number of nitrogens with zero attached hydrogens (tertiary/aromatic N) is 3. The molecule has 0 aliphatic carbocycles. The average Bonchev–Trinajstić information content (AvgIpc) is 3.23. The highest BCUT2D eigenvalue weighted by Gasteiger charge is 2.30. The minimum Gasteiger partial charge on any atom is -0.338 e. The summed E-state index contributed by atoms with van der Waals surface area (Å²) in [5.41, 5.74) is 2.53. The van der Waals surface area contributed by atoms with Gasteiger partial charge in [0.25, 0.3) is 11.6 Å². The number of piperidine rings is 1. The van der Waals surface area contributed by atoms with Crippen molar-refractivity contribution in [2.45, 2.75) is 38.3 Å². The highest BCUT2D eigenvalue weighted by atomic mass is 19.1. The summed E-state index contributed by atoms with van der Waals surface area (Å²) in [5.74, 6) is 0.159. The third-order valence-corrected chi connectivity index (χ3v) is 4.99. The van der Waals surface area contributed by atoms with Gasteiger partial charge in [-0.15, -0.1) is 0 Å². The Morgan fingerprint density at radius 3 is 2.88 bits per heavy atom. The number of carbonyl (C=O) groups excluding carboxylic acids is 1. The Morgan fingerprint density at radius 2 is 2.17 bits per heavy atom. The number of hydrogen-bond donors (Lipinski definition) is 1. The van der Waals surface area contributed by atoms with Crippen LogP contribution in [0.15, 0.2) is 10.6 Å². The first-order chi connectivity index (χ1) is 11.6. The molecule has 0 saturated carbocycles. The van der Waals surface area contributed by atoms with Crippen LogP contribution in [-0.4, -0.2) is 53.3 Å². The largest absolute Gasteiger partial charge is 0.338 e. The van der Waals surface area contributed by atoms with Gasteiger partial charge in [0.1, 0.15) is 6.17 Å². The van der Waals surface area contributed by atoms with Gasteiger partial charge in [0.2, 0.25) is 0 Å². The first kappa shape index (κ1) is 15.5. The van der Waals surface area contributed by atoms with Gasteiger partial charge in [-0.3, -0.25) is 4.79 Å². The zero-order valence-corrected chi connectivity index (χ0v) is 13.7. The Kier molecular flexibility index (Phi) is 3.96. The predicted molar refractivity (Wildman–Crippen MR) is 86.8 cm³/mol. The first-order valence-corrected chi connectivity index (χ1v) is 8.54. The maximum Gasteiger partial charge on any atom is 0.259 e. The third kappa shape index (κ3) is 2.66. The van der Waals surface area contributed by atoms with Gasteiger partial charge in [-0.2, -0.15) is 0 Å². The van der Waals surface area contributed by atoms with Crippen LogP contribution in [0.1, 0.15) is 46.9 Å². The third-order valence-electron chi connectivity index (χ3n) is 4.99. The van der Waals surface area contributed by atoms with E-state index in [0.717, 1.165) is 36.3 Å². The summed E-state index contributed by atoms with van der Waals surface area (Å²) in [6, 6.07) is 1.80. The van der Waals surface area contributed by atoms with E-state index in [0.29, 0.717) is 37.2 Å². The molecular weight excluding hydrogens is 311 g/mol. The average molecular weight is 332 g/mol. The molecule has 2 aliphatic rings. The number of hydrogen-bond acceptors (Lipinski definition) is 5. The van der Waals surface area contributed by atoms with Gasteiger partial charge in [0, 0.05) is 31.2 Å². The molecule has 0 aromatic carbocycles. The molecule has 0 bridgehead atoms. The summed E-state index contributed by atoms with van der Waals surface area (Å²) >= 11 is 0. The number of pyridine rings is 1. The molecule has 0 radical (unpaired) electrons. The molecule has 24 heavy (non-hydrogen) atoms. The molecule has 2 aromatic rings. The molecule has 1 amide bonds. The zero-order chi connectivity index (χ0) is 16.7. The summed E-state index contributed by atoms with van der Waals surface area (Å²) in [5, 5.41) is 8.25. The van der Waals surface area contributed by atoms with E-state index >= 15 is 0 Å². The van der Waals surface area contributed by atoms with E-state index in [9.17, 15) is 9.18 Å². The van der Waals surface area contributed by atoms with Gasteiger partial charge < -0.3 is 14.7 Å². The zero-order valence-electron chi connectivity index (χ0n) is 13.7. The van der Waals surface area contributed by atoms with Crippen molar-refractivity contribution < 1.29 is 13.7 Å². The maximum absolute atomic E-state index is 13.4. The van der Waals surface area contributed by atoms with Crippen LogP contribution in [-0.2, 0) is 0 Å². The van der Waals surface area contributed by atoms with E-state index in [1.807, 2.05) is 6.92 Å². The lowest BCUT2D eigenvalue weighted by molar-refractivity contribution is 0.0668. The van der Waals surface area contributed by atoms with Gasteiger partial charge in [-0.25, -0.2) is 9.37 Å². The van der Waals surface area contributed by atoms with E-state index in [2.05, 4.69) is 15.5 Å². The molecule has 2 aromatic heterocycles. The highest BCUT2D eigenvalue weighted by Crippen LogP contribution is 2.32. The Bertz CT molecular complexity index is 761. The summed E-state index contributed by atoms with van der Waals surface area (Å²) in [4.78, 5) is 19.1. The van der Waals surface area contributed by atoms with Gasteiger partial charge in [0.15, 0.2) is 0 Å². The van der Waals surface area contributed by atoms with Crippen molar-refractivity contribution in [2.24, 2.45) is 0 Å². The first-order valence-electron chi connectivity index (χ1n) is 8.54. The summed E-state index contributed by atoms with van der Waals surface area (Å²) in [6.07, 6.45) is 0.976. The van der Waals surface area contributed by atoms with E-state index in [1.54, 1.807) is 11.0 Å². The molecule has 2 fully saturated rings. The SMILES string of the molecule is Cc1cc(C(=O)N2CCC(F)CC2)c2c(C3CCNC3)noc2n1. The van der Waals surface area contributed by atoms with Crippen LogP contribution < -0.4 is 5.32 Å². The molecule has 2 saturated heterocycles. The van der Waals surface area contributed by atoms with Crippen LogP contribution in [0.3, 0.4) is 0 Å². The van der Waals surface area contributed by atoms with E-state index in [-0.39, 0.29) is 11.8 Å². The van der Waals surface area contributed by atoms with Crippen molar-refractivity contribution in [1.29, 1.82) is 0 Å². The minimum atomic E-state index is -0.802. The molecule has 128 valence electrons. The fourth-order valence-corrected chi connectivity index (χ4v) is 3.65. The van der Waals surface area contributed by atoms with Crippen molar-refractivity contribution in [3.63, 3.8) is 0 Å². The lowest BCUT2D eigenvalue weighted by atomic mass is 9.98. The molecule has 1 N–H and O–H groups in total. The molecule has 4 heterocycles. The molecule has 0 spiro atoms. The Hall–Kier alpha value is -2.02. The number of amides is 1. The molecule has 6 nitrogen and oxygen atoms in total. The van der Waals surface area contributed by atoms with E-state index < -0.39 is 6.17 Å². The molecule has 7 heteroatoms. The van der Waals surface area contributed by atoms with Crippen molar-refractivity contribution in [1.82, 2.24) is 20.4 Å². The standard InChI is InChI=1S/C17H21FN4O2/c1-10-8-13(17(23)22-6-3-12(18)4-7-22)14-15(11-2-5-19-9-11)21-24-16(14)20-10/h8,11-12,19H,2-7,9H2,1H3. The number of aromatic nitrogens is 2. The predicted octanol–water partition coefficient (Wildman–Crippen LogP) is 2.18. The van der Waals surface area contributed by atoms with Crippen LogP contribution in [0.4, 0.5) is 4.39 Å². The Balaban J connectivity index is 1.75. The van der Waals surface area contributed by atoms with Gasteiger partial charge in [-0.05, 0) is 38.8 Å².